The van der Waals surface area contributed by atoms with Gasteiger partial charge in [-0.05, 0) is 44.1 Å². The molecule has 2 amide bonds. The van der Waals surface area contributed by atoms with Gasteiger partial charge in [-0.15, -0.1) is 11.3 Å². The number of carbonyl (C=O) groups is 2. The van der Waals surface area contributed by atoms with E-state index >= 15 is 0 Å². The van der Waals surface area contributed by atoms with Crippen molar-refractivity contribution in [3.63, 3.8) is 0 Å². The minimum atomic E-state index is -0.167. The molecule has 4 rings (SSSR count). The number of aryl methyl sites for hydroxylation is 2. The lowest BCUT2D eigenvalue weighted by Gasteiger charge is -2.16. The van der Waals surface area contributed by atoms with Crippen molar-refractivity contribution in [1.82, 2.24) is 20.2 Å². The molecule has 2 aliphatic rings. The average Bonchev–Trinajstić information content (AvgIpc) is 3.36. The molecule has 0 atom stereocenters. The number of thiophene rings is 1. The van der Waals surface area contributed by atoms with Crippen molar-refractivity contribution in [2.75, 3.05) is 19.3 Å². The van der Waals surface area contributed by atoms with Crippen LogP contribution in [0, 0.1) is 0 Å². The number of thioether (sulfide) groups is 1. The highest BCUT2D eigenvalue weighted by atomic mass is 32.2. The Labute approximate surface area is 164 Å². The van der Waals surface area contributed by atoms with Gasteiger partial charge in [0.05, 0.1) is 17.7 Å². The van der Waals surface area contributed by atoms with E-state index < -0.39 is 0 Å². The molecule has 9 heteroatoms. The van der Waals surface area contributed by atoms with E-state index in [2.05, 4.69) is 15.3 Å². The number of carbonyl (C=O) groups excluding carboxylic acids is 2. The van der Waals surface area contributed by atoms with Gasteiger partial charge in [-0.3, -0.25) is 14.4 Å². The molecule has 144 valence electrons. The molecule has 2 aromatic rings. The summed E-state index contributed by atoms with van der Waals surface area (Å²) in [7, 11) is 1.61. The summed E-state index contributed by atoms with van der Waals surface area (Å²) in [5.41, 5.74) is 1.04. The Hall–Kier alpha value is -1.87. The van der Waals surface area contributed by atoms with Crippen molar-refractivity contribution in [3.8, 4) is 0 Å². The van der Waals surface area contributed by atoms with Crippen LogP contribution >= 0.6 is 23.1 Å². The van der Waals surface area contributed by atoms with Crippen molar-refractivity contribution in [2.24, 2.45) is 0 Å². The molecule has 1 saturated carbocycles. The van der Waals surface area contributed by atoms with Crippen LogP contribution in [0.4, 0.5) is 0 Å². The average molecular weight is 407 g/mol. The fourth-order valence-corrected chi connectivity index (χ4v) is 5.38. The summed E-state index contributed by atoms with van der Waals surface area (Å²) in [6, 6.07) is 0.285. The van der Waals surface area contributed by atoms with Crippen LogP contribution in [0.25, 0.3) is 10.2 Å². The third kappa shape index (κ3) is 4.19. The lowest BCUT2D eigenvalue weighted by Crippen LogP contribution is -2.39. The summed E-state index contributed by atoms with van der Waals surface area (Å²) < 4.78 is 0. The number of aromatic nitrogens is 2. The van der Waals surface area contributed by atoms with Crippen LogP contribution in [0.1, 0.15) is 36.1 Å². The van der Waals surface area contributed by atoms with Crippen molar-refractivity contribution < 1.29 is 9.59 Å². The molecular weight excluding hydrogens is 384 g/mol. The number of nitrogens with one attached hydrogen (secondary N) is 2. The molecule has 2 aromatic heterocycles. The number of rotatable bonds is 6. The zero-order chi connectivity index (χ0) is 19.0. The first-order valence-electron chi connectivity index (χ1n) is 9.22. The first kappa shape index (κ1) is 18.5. The van der Waals surface area contributed by atoms with Gasteiger partial charge >= 0.3 is 0 Å². The topological polar surface area (TPSA) is 95.2 Å². The molecule has 0 spiro atoms. The molecule has 0 bridgehead atoms. The van der Waals surface area contributed by atoms with E-state index in [1.807, 2.05) is 0 Å². The largest absolute Gasteiger partial charge is 0.352 e. The van der Waals surface area contributed by atoms with E-state index in [1.54, 1.807) is 18.4 Å². The Kier molecular flexibility index (Phi) is 5.23. The standard InChI is InChI=1S/C18H22N4O3S2/c1-22(8-13(23)19-10-6-7-10)14(24)9-26-18-20-16(25)15-11-4-2-3-5-12(11)27-17(15)21-18/h10H,2-9H2,1H3,(H,19,23)(H,20,21,25). The number of fused-ring (bicyclic) bond motifs is 3. The van der Waals surface area contributed by atoms with E-state index in [4.69, 9.17) is 0 Å². The van der Waals surface area contributed by atoms with Crippen LogP contribution in [-0.4, -0.2) is 52.1 Å². The smallest absolute Gasteiger partial charge is 0.260 e. The highest BCUT2D eigenvalue weighted by Crippen LogP contribution is 2.34. The summed E-state index contributed by atoms with van der Waals surface area (Å²) in [6.07, 6.45) is 6.28. The zero-order valence-corrected chi connectivity index (χ0v) is 16.8. The SMILES string of the molecule is CN(CC(=O)NC1CC1)C(=O)CSc1nc2sc3c(c2c(=O)[nH]1)CCCC3. The van der Waals surface area contributed by atoms with Gasteiger partial charge in [-0.1, -0.05) is 11.8 Å². The number of likely N-dealkylation sites (N-methyl/N-ethyl adjacent to an activating group) is 1. The molecule has 0 unspecified atom stereocenters. The summed E-state index contributed by atoms with van der Waals surface area (Å²) in [6.45, 7) is 0.0521. The minimum Gasteiger partial charge on any atom is -0.352 e. The first-order chi connectivity index (χ1) is 13.0. The van der Waals surface area contributed by atoms with Crippen LogP contribution in [0.15, 0.2) is 9.95 Å². The molecule has 0 aliphatic heterocycles. The number of hydrogen-bond donors (Lipinski definition) is 2. The van der Waals surface area contributed by atoms with E-state index in [0.717, 1.165) is 54.3 Å². The summed E-state index contributed by atoms with van der Waals surface area (Å²) >= 11 is 2.80. The molecule has 0 saturated heterocycles. The molecule has 27 heavy (non-hydrogen) atoms. The Morgan fingerprint density at radius 1 is 1.33 bits per heavy atom. The van der Waals surface area contributed by atoms with Crippen LogP contribution in [-0.2, 0) is 22.4 Å². The molecule has 2 N–H and O–H groups in total. The summed E-state index contributed by atoms with van der Waals surface area (Å²) in [5.74, 6) is -0.165. The second-order valence-corrected chi connectivity index (χ2v) is 9.19. The number of aromatic amines is 1. The van der Waals surface area contributed by atoms with Gasteiger partial charge in [0.1, 0.15) is 4.83 Å². The quantitative estimate of drug-likeness (QED) is 0.562. The minimum absolute atomic E-state index is 0.0521. The van der Waals surface area contributed by atoms with Crippen LogP contribution in [0.3, 0.4) is 0 Å². The van der Waals surface area contributed by atoms with Crippen molar-refractivity contribution in [3.05, 3.63) is 20.8 Å². The second-order valence-electron chi connectivity index (χ2n) is 7.14. The zero-order valence-electron chi connectivity index (χ0n) is 15.2. The molecule has 2 aliphatic carbocycles. The molecule has 7 nitrogen and oxygen atoms in total. The monoisotopic (exact) mass is 406 g/mol. The maximum Gasteiger partial charge on any atom is 0.260 e. The highest BCUT2D eigenvalue weighted by molar-refractivity contribution is 7.99. The van der Waals surface area contributed by atoms with Gasteiger partial charge in [-0.2, -0.15) is 0 Å². The van der Waals surface area contributed by atoms with E-state index in [-0.39, 0.29) is 35.7 Å². The van der Waals surface area contributed by atoms with Gasteiger partial charge in [0.15, 0.2) is 5.16 Å². The number of amides is 2. The summed E-state index contributed by atoms with van der Waals surface area (Å²) in [5, 5.41) is 4.04. The molecule has 0 radical (unpaired) electrons. The number of H-pyrrole nitrogens is 1. The third-order valence-corrected chi connectivity index (χ3v) is 6.93. The maximum absolute atomic E-state index is 12.5. The van der Waals surface area contributed by atoms with E-state index in [1.165, 1.54) is 21.5 Å². The van der Waals surface area contributed by atoms with Gasteiger partial charge in [0.2, 0.25) is 11.8 Å². The first-order valence-corrected chi connectivity index (χ1v) is 11.0. The van der Waals surface area contributed by atoms with Gasteiger partial charge in [0.25, 0.3) is 5.56 Å². The Morgan fingerprint density at radius 2 is 2.11 bits per heavy atom. The Balaban J connectivity index is 1.40. The second kappa shape index (κ2) is 7.63. The van der Waals surface area contributed by atoms with Gasteiger partial charge < -0.3 is 15.2 Å². The van der Waals surface area contributed by atoms with Crippen molar-refractivity contribution >= 4 is 45.1 Å². The molecule has 2 heterocycles. The van der Waals surface area contributed by atoms with Crippen LogP contribution < -0.4 is 10.9 Å². The molecule has 1 fully saturated rings. The Morgan fingerprint density at radius 3 is 2.89 bits per heavy atom. The van der Waals surface area contributed by atoms with Crippen LogP contribution in [0.2, 0.25) is 0 Å². The normalized spacial score (nSPS) is 16.2. The van der Waals surface area contributed by atoms with Crippen molar-refractivity contribution in [2.45, 2.75) is 49.7 Å². The lowest BCUT2D eigenvalue weighted by molar-refractivity contribution is -0.132. The maximum atomic E-state index is 12.5. The Bertz CT molecular complexity index is 948. The number of hydrogen-bond acceptors (Lipinski definition) is 6. The van der Waals surface area contributed by atoms with Gasteiger partial charge in [-0.25, -0.2) is 4.98 Å². The number of nitrogens with zero attached hydrogens (tertiary/aromatic N) is 2. The van der Waals surface area contributed by atoms with E-state index in [0.29, 0.717) is 5.16 Å². The third-order valence-electron chi connectivity index (χ3n) is 4.88. The lowest BCUT2D eigenvalue weighted by atomic mass is 9.97. The predicted octanol–water partition coefficient (Wildman–Crippen LogP) is 1.69. The predicted molar refractivity (Wildman–Crippen MR) is 106 cm³/mol. The van der Waals surface area contributed by atoms with E-state index in [9.17, 15) is 14.4 Å². The van der Waals surface area contributed by atoms with Crippen molar-refractivity contribution in [1.29, 1.82) is 0 Å². The summed E-state index contributed by atoms with van der Waals surface area (Å²) in [4.78, 5) is 47.4. The molecule has 0 aromatic carbocycles. The molecular formula is C18H22N4O3S2. The highest BCUT2D eigenvalue weighted by Gasteiger charge is 2.24. The van der Waals surface area contributed by atoms with Gasteiger partial charge in [0, 0.05) is 18.0 Å². The fraction of sp³-hybridized carbons (Fsp3) is 0.556. The van der Waals surface area contributed by atoms with Crippen LogP contribution in [0.5, 0.6) is 0 Å². The fourth-order valence-electron chi connectivity index (χ4n) is 3.26.